The summed E-state index contributed by atoms with van der Waals surface area (Å²) in [5.74, 6) is 0.251. The normalized spacial score (nSPS) is 13.6. The Bertz CT molecular complexity index is 642. The Hall–Kier alpha value is -2.61. The summed E-state index contributed by atoms with van der Waals surface area (Å²) in [7, 11) is 0. The first-order chi connectivity index (χ1) is 9.83. The zero-order valence-electron chi connectivity index (χ0n) is 11.0. The average Bonchev–Trinajstić information content (AvgIpc) is 3.03. The van der Waals surface area contributed by atoms with Gasteiger partial charge in [-0.15, -0.1) is 0 Å². The van der Waals surface area contributed by atoms with Crippen LogP contribution in [0.25, 0.3) is 0 Å². The summed E-state index contributed by atoms with van der Waals surface area (Å²) >= 11 is 0. The van der Waals surface area contributed by atoms with E-state index in [0.717, 1.165) is 5.69 Å². The molecule has 0 saturated carbocycles. The molecule has 2 aromatic carbocycles. The Kier molecular flexibility index (Phi) is 3.46. The number of hydrogen-bond donors (Lipinski definition) is 1. The molecule has 0 spiro atoms. The van der Waals surface area contributed by atoms with E-state index >= 15 is 0 Å². The highest BCUT2D eigenvalue weighted by Gasteiger charge is 2.09. The molecular weight excluding hydrogens is 246 g/mol. The number of rotatable bonds is 3. The van der Waals surface area contributed by atoms with Crippen molar-refractivity contribution in [3.63, 3.8) is 0 Å². The Labute approximate surface area is 118 Å². The van der Waals surface area contributed by atoms with Gasteiger partial charge >= 0.3 is 0 Å². The lowest BCUT2D eigenvalue weighted by atomic mass is 9.99. The molecule has 2 aromatic rings. The fourth-order valence-electron chi connectivity index (χ4n) is 2.24. The van der Waals surface area contributed by atoms with E-state index in [4.69, 9.17) is 0 Å². The van der Waals surface area contributed by atoms with Crippen molar-refractivity contribution >= 4 is 11.6 Å². The molecule has 0 saturated heterocycles. The van der Waals surface area contributed by atoms with Gasteiger partial charge in [0.05, 0.1) is 0 Å². The van der Waals surface area contributed by atoms with Gasteiger partial charge in [0, 0.05) is 17.2 Å². The Balaban J connectivity index is 1.72. The van der Waals surface area contributed by atoms with Crippen LogP contribution in [-0.2, 0) is 0 Å². The van der Waals surface area contributed by atoms with Gasteiger partial charge in [0.1, 0.15) is 0 Å². The van der Waals surface area contributed by atoms with Crippen LogP contribution in [0.3, 0.4) is 0 Å². The smallest absolute Gasteiger partial charge is 0.255 e. The summed E-state index contributed by atoms with van der Waals surface area (Å²) in [6.07, 6.45) is 8.36. The predicted molar refractivity (Wildman–Crippen MR) is 81.9 cm³/mol. The lowest BCUT2D eigenvalue weighted by Gasteiger charge is -2.08. The second-order valence-electron chi connectivity index (χ2n) is 4.74. The molecule has 1 N–H and O–H groups in total. The van der Waals surface area contributed by atoms with Gasteiger partial charge < -0.3 is 5.32 Å². The van der Waals surface area contributed by atoms with E-state index in [0.29, 0.717) is 11.5 Å². The summed E-state index contributed by atoms with van der Waals surface area (Å²) < 4.78 is 0. The molecule has 20 heavy (non-hydrogen) atoms. The van der Waals surface area contributed by atoms with E-state index in [1.807, 2.05) is 66.7 Å². The van der Waals surface area contributed by atoms with Crippen LogP contribution in [0, 0.1) is 0 Å². The lowest BCUT2D eigenvalue weighted by molar-refractivity contribution is 0.102. The van der Waals surface area contributed by atoms with Crippen LogP contribution in [-0.4, -0.2) is 5.91 Å². The Morgan fingerprint density at radius 3 is 2.15 bits per heavy atom. The molecule has 0 fully saturated rings. The number of allylic oxidation sites excluding steroid dienone is 4. The van der Waals surface area contributed by atoms with Crippen molar-refractivity contribution in [3.05, 3.63) is 90.0 Å². The largest absolute Gasteiger partial charge is 0.322 e. The van der Waals surface area contributed by atoms with Crippen LogP contribution < -0.4 is 5.32 Å². The maximum absolute atomic E-state index is 12.1. The Morgan fingerprint density at radius 1 is 0.850 bits per heavy atom. The van der Waals surface area contributed by atoms with Gasteiger partial charge in [0.2, 0.25) is 0 Å². The molecule has 3 rings (SSSR count). The second-order valence-corrected chi connectivity index (χ2v) is 4.74. The number of hydrogen-bond acceptors (Lipinski definition) is 1. The molecule has 1 aliphatic carbocycles. The highest BCUT2D eigenvalue weighted by Crippen LogP contribution is 2.23. The summed E-state index contributed by atoms with van der Waals surface area (Å²) in [5.41, 5.74) is 2.68. The van der Waals surface area contributed by atoms with Gasteiger partial charge in [-0.3, -0.25) is 4.79 Å². The minimum absolute atomic E-state index is 0.0831. The molecule has 0 unspecified atom stereocenters. The standard InChI is InChI=1S/C18H15NO/c20-18(19-17-8-2-1-3-9-17)16-12-10-15(11-13-16)14-6-4-5-7-14/h1-14H,(H,19,20). The van der Waals surface area contributed by atoms with E-state index < -0.39 is 0 Å². The van der Waals surface area contributed by atoms with Crippen LogP contribution >= 0.6 is 0 Å². The molecule has 0 bridgehead atoms. The van der Waals surface area contributed by atoms with Crippen molar-refractivity contribution in [3.8, 4) is 0 Å². The van der Waals surface area contributed by atoms with Gasteiger partial charge in [-0.05, 0) is 29.8 Å². The minimum atomic E-state index is -0.0831. The van der Waals surface area contributed by atoms with Crippen LogP contribution in [0.5, 0.6) is 0 Å². The van der Waals surface area contributed by atoms with Crippen molar-refractivity contribution in [1.82, 2.24) is 0 Å². The van der Waals surface area contributed by atoms with Crippen LogP contribution in [0.15, 0.2) is 78.9 Å². The summed E-state index contributed by atoms with van der Waals surface area (Å²) in [4.78, 5) is 12.1. The van der Waals surface area contributed by atoms with Crippen molar-refractivity contribution < 1.29 is 4.79 Å². The quantitative estimate of drug-likeness (QED) is 0.883. The highest BCUT2D eigenvalue weighted by molar-refractivity contribution is 6.04. The molecule has 0 aromatic heterocycles. The van der Waals surface area contributed by atoms with E-state index in [9.17, 15) is 4.79 Å². The van der Waals surface area contributed by atoms with Crippen molar-refractivity contribution in [1.29, 1.82) is 0 Å². The molecular formula is C18H15NO. The minimum Gasteiger partial charge on any atom is -0.322 e. The van der Waals surface area contributed by atoms with E-state index in [-0.39, 0.29) is 5.91 Å². The van der Waals surface area contributed by atoms with Crippen molar-refractivity contribution in [2.24, 2.45) is 0 Å². The SMILES string of the molecule is O=C(Nc1ccccc1)c1ccc(C2C=CC=C2)cc1. The zero-order valence-corrected chi connectivity index (χ0v) is 11.0. The van der Waals surface area contributed by atoms with Crippen LogP contribution in [0.2, 0.25) is 0 Å². The molecule has 0 atom stereocenters. The number of carbonyl (C=O) groups is 1. The first kappa shape index (κ1) is 12.4. The van der Waals surface area contributed by atoms with Gasteiger partial charge in [-0.25, -0.2) is 0 Å². The molecule has 0 radical (unpaired) electrons. The number of anilines is 1. The number of carbonyl (C=O) groups excluding carboxylic acids is 1. The van der Waals surface area contributed by atoms with Crippen molar-refractivity contribution in [2.75, 3.05) is 5.32 Å². The van der Waals surface area contributed by atoms with Gasteiger partial charge in [-0.1, -0.05) is 54.6 Å². The number of nitrogens with one attached hydrogen (secondary N) is 1. The maximum Gasteiger partial charge on any atom is 0.255 e. The molecule has 1 aliphatic rings. The fraction of sp³-hybridized carbons (Fsp3) is 0.0556. The summed E-state index contributed by atoms with van der Waals surface area (Å²) in [6.45, 7) is 0. The highest BCUT2D eigenvalue weighted by atomic mass is 16.1. The topological polar surface area (TPSA) is 29.1 Å². The van der Waals surface area contributed by atoms with Gasteiger partial charge in [0.25, 0.3) is 5.91 Å². The average molecular weight is 261 g/mol. The van der Waals surface area contributed by atoms with Gasteiger partial charge in [0.15, 0.2) is 0 Å². The summed E-state index contributed by atoms with van der Waals surface area (Å²) in [6, 6.07) is 17.2. The summed E-state index contributed by atoms with van der Waals surface area (Å²) in [5, 5.41) is 2.88. The van der Waals surface area contributed by atoms with E-state index in [2.05, 4.69) is 17.5 Å². The number of para-hydroxylation sites is 1. The van der Waals surface area contributed by atoms with Crippen LogP contribution in [0.4, 0.5) is 5.69 Å². The maximum atomic E-state index is 12.1. The zero-order chi connectivity index (χ0) is 13.8. The third-order valence-electron chi connectivity index (χ3n) is 3.34. The monoisotopic (exact) mass is 261 g/mol. The van der Waals surface area contributed by atoms with Gasteiger partial charge in [-0.2, -0.15) is 0 Å². The molecule has 0 aliphatic heterocycles. The molecule has 2 heteroatoms. The third kappa shape index (κ3) is 2.69. The lowest BCUT2D eigenvalue weighted by Crippen LogP contribution is -2.11. The predicted octanol–water partition coefficient (Wildman–Crippen LogP) is 4.15. The second kappa shape index (κ2) is 5.57. The molecule has 1 amide bonds. The fourth-order valence-corrected chi connectivity index (χ4v) is 2.24. The number of benzene rings is 2. The molecule has 2 nitrogen and oxygen atoms in total. The van der Waals surface area contributed by atoms with Crippen LogP contribution in [0.1, 0.15) is 21.8 Å². The first-order valence-electron chi connectivity index (χ1n) is 6.64. The molecule has 0 heterocycles. The van der Waals surface area contributed by atoms with Crippen molar-refractivity contribution in [2.45, 2.75) is 5.92 Å². The Morgan fingerprint density at radius 2 is 1.50 bits per heavy atom. The first-order valence-corrected chi connectivity index (χ1v) is 6.64. The van der Waals surface area contributed by atoms with E-state index in [1.165, 1.54) is 5.56 Å². The third-order valence-corrected chi connectivity index (χ3v) is 3.34. The molecule has 98 valence electrons. The number of amides is 1. The van der Waals surface area contributed by atoms with E-state index in [1.54, 1.807) is 0 Å².